The van der Waals surface area contributed by atoms with Crippen LogP contribution in [0.4, 0.5) is 18.0 Å². The predicted octanol–water partition coefficient (Wildman–Crippen LogP) is 3.32. The molecule has 0 aliphatic heterocycles. The van der Waals surface area contributed by atoms with Crippen molar-refractivity contribution in [2.75, 3.05) is 13.1 Å². The lowest BCUT2D eigenvalue weighted by atomic mass is 10.1. The van der Waals surface area contributed by atoms with Crippen molar-refractivity contribution in [2.45, 2.75) is 39.1 Å². The van der Waals surface area contributed by atoms with E-state index >= 15 is 0 Å². The minimum atomic E-state index is -4.32. The summed E-state index contributed by atoms with van der Waals surface area (Å²) in [5.41, 5.74) is -0.467. The van der Waals surface area contributed by atoms with Crippen LogP contribution in [0.1, 0.15) is 31.9 Å². The van der Waals surface area contributed by atoms with Gasteiger partial charge in [-0.2, -0.15) is 13.2 Å². The summed E-state index contributed by atoms with van der Waals surface area (Å²) in [6.07, 6.45) is -4.81. The molecule has 0 saturated heterocycles. The fourth-order valence-corrected chi connectivity index (χ4v) is 1.61. The third-order valence-electron chi connectivity index (χ3n) is 2.58. The fraction of sp³-hybridized carbons (Fsp3) is 0.533. The number of amides is 1. The second-order valence-corrected chi connectivity index (χ2v) is 5.80. The van der Waals surface area contributed by atoms with Crippen LogP contribution < -0.4 is 10.6 Å². The third kappa shape index (κ3) is 7.31. The van der Waals surface area contributed by atoms with Crippen molar-refractivity contribution in [3.05, 3.63) is 35.4 Å². The molecule has 2 N–H and O–H groups in total. The van der Waals surface area contributed by atoms with Crippen molar-refractivity contribution in [3.8, 4) is 0 Å². The highest BCUT2D eigenvalue weighted by Gasteiger charge is 2.29. The van der Waals surface area contributed by atoms with Gasteiger partial charge in [-0.25, -0.2) is 4.79 Å². The van der Waals surface area contributed by atoms with E-state index in [0.29, 0.717) is 19.6 Å². The lowest BCUT2D eigenvalue weighted by Gasteiger charge is -2.19. The van der Waals surface area contributed by atoms with Gasteiger partial charge in [0, 0.05) is 19.6 Å². The summed E-state index contributed by atoms with van der Waals surface area (Å²) in [6.45, 7) is 6.60. The van der Waals surface area contributed by atoms with E-state index in [1.165, 1.54) is 12.1 Å². The molecule has 0 spiro atoms. The summed E-state index contributed by atoms with van der Waals surface area (Å²) in [6, 6.07) is 4.96. The van der Waals surface area contributed by atoms with Gasteiger partial charge in [-0.1, -0.05) is 12.1 Å². The predicted molar refractivity (Wildman–Crippen MR) is 77.4 cm³/mol. The van der Waals surface area contributed by atoms with Gasteiger partial charge in [-0.05, 0) is 38.5 Å². The molecule has 1 rings (SSSR count). The maximum Gasteiger partial charge on any atom is 0.416 e. The molecule has 1 aromatic rings. The Bertz CT molecular complexity index is 479. The van der Waals surface area contributed by atoms with Crippen molar-refractivity contribution >= 4 is 6.09 Å². The van der Waals surface area contributed by atoms with Crippen molar-refractivity contribution in [3.63, 3.8) is 0 Å². The summed E-state index contributed by atoms with van der Waals surface area (Å²) < 4.78 is 42.3. The third-order valence-corrected chi connectivity index (χ3v) is 2.58. The Hall–Kier alpha value is -1.76. The van der Waals surface area contributed by atoms with Gasteiger partial charge >= 0.3 is 12.3 Å². The summed E-state index contributed by atoms with van der Waals surface area (Å²) in [5.74, 6) is 0. The van der Waals surface area contributed by atoms with E-state index in [1.807, 2.05) is 0 Å². The van der Waals surface area contributed by atoms with Crippen LogP contribution in [0.2, 0.25) is 0 Å². The van der Waals surface area contributed by atoms with Crippen LogP contribution in [0.5, 0.6) is 0 Å². The van der Waals surface area contributed by atoms with E-state index in [0.717, 1.165) is 17.7 Å². The lowest BCUT2D eigenvalue weighted by molar-refractivity contribution is -0.137. The first kappa shape index (κ1) is 18.3. The largest absolute Gasteiger partial charge is 0.444 e. The van der Waals surface area contributed by atoms with Crippen LogP contribution in [0, 0.1) is 0 Å². The molecular weight excluding hydrogens is 297 g/mol. The number of alkyl halides is 3. The average Bonchev–Trinajstić information content (AvgIpc) is 2.35. The zero-order valence-corrected chi connectivity index (χ0v) is 12.9. The number of carbonyl (C=O) groups excluding carboxylic acids is 1. The summed E-state index contributed by atoms with van der Waals surface area (Å²) in [7, 11) is 0. The molecule has 7 heteroatoms. The Kier molecular flexibility index (Phi) is 6.22. The normalized spacial score (nSPS) is 12.1. The second-order valence-electron chi connectivity index (χ2n) is 5.80. The van der Waals surface area contributed by atoms with E-state index in [-0.39, 0.29) is 0 Å². The first-order valence-electron chi connectivity index (χ1n) is 6.91. The number of hydrogen-bond donors (Lipinski definition) is 2. The molecule has 0 bridgehead atoms. The van der Waals surface area contributed by atoms with Crippen LogP contribution in [0.15, 0.2) is 24.3 Å². The van der Waals surface area contributed by atoms with Crippen LogP contribution in [-0.2, 0) is 17.5 Å². The lowest BCUT2D eigenvalue weighted by Crippen LogP contribution is -2.36. The smallest absolute Gasteiger partial charge is 0.416 e. The van der Waals surface area contributed by atoms with E-state index in [1.54, 1.807) is 20.8 Å². The molecule has 0 unspecified atom stereocenters. The van der Waals surface area contributed by atoms with Crippen LogP contribution in [-0.4, -0.2) is 24.8 Å². The number of benzene rings is 1. The topological polar surface area (TPSA) is 50.4 Å². The van der Waals surface area contributed by atoms with E-state index in [2.05, 4.69) is 10.6 Å². The number of carbonyl (C=O) groups is 1. The second kappa shape index (κ2) is 7.49. The molecule has 0 saturated carbocycles. The maximum absolute atomic E-state index is 12.4. The zero-order chi connectivity index (χ0) is 16.8. The van der Waals surface area contributed by atoms with Crippen molar-refractivity contribution < 1.29 is 22.7 Å². The molecule has 0 atom stereocenters. The van der Waals surface area contributed by atoms with Crippen LogP contribution >= 0.6 is 0 Å². The molecule has 1 aromatic carbocycles. The van der Waals surface area contributed by atoms with Gasteiger partial charge < -0.3 is 15.4 Å². The van der Waals surface area contributed by atoms with Gasteiger partial charge in [0.25, 0.3) is 0 Å². The summed E-state index contributed by atoms with van der Waals surface area (Å²) in [5, 5.41) is 5.61. The minimum absolute atomic E-state index is 0.371. The standard InChI is InChI=1S/C15H21F3N2O2/c1-14(2,3)22-13(21)20-9-8-19-10-11-4-6-12(7-5-11)15(16,17)18/h4-7,19H,8-10H2,1-3H3,(H,20,21). The molecule has 1 amide bonds. The SMILES string of the molecule is CC(C)(C)OC(=O)NCCNCc1ccc(C(F)(F)F)cc1. The Morgan fingerprint density at radius 1 is 1.09 bits per heavy atom. The summed E-state index contributed by atoms with van der Waals surface area (Å²) in [4.78, 5) is 11.4. The highest BCUT2D eigenvalue weighted by atomic mass is 19.4. The van der Waals surface area contributed by atoms with Gasteiger partial charge in [-0.3, -0.25) is 0 Å². The molecule has 0 radical (unpaired) electrons. The number of hydrogen-bond acceptors (Lipinski definition) is 3. The Morgan fingerprint density at radius 2 is 1.68 bits per heavy atom. The number of rotatable bonds is 5. The molecule has 0 fully saturated rings. The molecule has 0 aliphatic rings. The molecule has 124 valence electrons. The number of ether oxygens (including phenoxy) is 1. The molecular formula is C15H21F3N2O2. The van der Waals surface area contributed by atoms with Gasteiger partial charge in [0.2, 0.25) is 0 Å². The first-order chi connectivity index (χ1) is 10.1. The highest BCUT2D eigenvalue weighted by Crippen LogP contribution is 2.28. The van der Waals surface area contributed by atoms with E-state index in [4.69, 9.17) is 4.74 Å². The van der Waals surface area contributed by atoms with Crippen molar-refractivity contribution in [1.82, 2.24) is 10.6 Å². The molecule has 0 heterocycles. The van der Waals surface area contributed by atoms with Gasteiger partial charge in [-0.15, -0.1) is 0 Å². The average molecular weight is 318 g/mol. The highest BCUT2D eigenvalue weighted by molar-refractivity contribution is 5.67. The Morgan fingerprint density at radius 3 is 2.18 bits per heavy atom. The van der Waals surface area contributed by atoms with Gasteiger partial charge in [0.15, 0.2) is 0 Å². The van der Waals surface area contributed by atoms with Gasteiger partial charge in [0.05, 0.1) is 5.56 Å². The summed E-state index contributed by atoms with van der Waals surface area (Å²) >= 11 is 0. The van der Waals surface area contributed by atoms with Gasteiger partial charge in [0.1, 0.15) is 5.60 Å². The fourth-order valence-electron chi connectivity index (χ4n) is 1.61. The Labute approximate surface area is 128 Å². The molecule has 4 nitrogen and oxygen atoms in total. The first-order valence-corrected chi connectivity index (χ1v) is 6.91. The number of alkyl carbamates (subject to hydrolysis) is 1. The van der Waals surface area contributed by atoms with E-state index < -0.39 is 23.4 Å². The maximum atomic E-state index is 12.4. The quantitative estimate of drug-likeness (QED) is 0.819. The van der Waals surface area contributed by atoms with Crippen molar-refractivity contribution in [2.24, 2.45) is 0 Å². The van der Waals surface area contributed by atoms with Crippen LogP contribution in [0.25, 0.3) is 0 Å². The van der Waals surface area contributed by atoms with E-state index in [9.17, 15) is 18.0 Å². The van der Waals surface area contributed by atoms with Crippen molar-refractivity contribution in [1.29, 1.82) is 0 Å². The minimum Gasteiger partial charge on any atom is -0.444 e. The molecule has 22 heavy (non-hydrogen) atoms. The van der Waals surface area contributed by atoms with Crippen LogP contribution in [0.3, 0.4) is 0 Å². The zero-order valence-electron chi connectivity index (χ0n) is 12.9. The number of nitrogens with one attached hydrogen (secondary N) is 2. The molecule has 0 aromatic heterocycles. The molecule has 0 aliphatic carbocycles. The monoisotopic (exact) mass is 318 g/mol. The number of halogens is 3. The Balaban J connectivity index is 2.24.